The molecular weight excluding hydrogens is 324 g/mol. The Balaban J connectivity index is 1.78. The zero-order valence-electron chi connectivity index (χ0n) is 13.1. The van der Waals surface area contributed by atoms with E-state index in [-0.39, 0.29) is 5.91 Å². The summed E-state index contributed by atoms with van der Waals surface area (Å²) >= 11 is 1.40. The second-order valence-corrected chi connectivity index (χ2v) is 6.28. The molecule has 8 heteroatoms. The van der Waals surface area contributed by atoms with Crippen molar-refractivity contribution in [3.05, 3.63) is 53.6 Å². The predicted octanol–water partition coefficient (Wildman–Crippen LogP) is 2.75. The first-order chi connectivity index (χ1) is 11.6. The van der Waals surface area contributed by atoms with Gasteiger partial charge in [-0.25, -0.2) is 9.97 Å². The average molecular weight is 338 g/mol. The van der Waals surface area contributed by atoms with Gasteiger partial charge in [0.05, 0.1) is 17.0 Å². The second-order valence-electron chi connectivity index (χ2n) is 5.42. The smallest absolute Gasteiger partial charge is 0.261 e. The first-order valence-electron chi connectivity index (χ1n) is 7.30. The summed E-state index contributed by atoms with van der Waals surface area (Å²) < 4.78 is 3.55. The first kappa shape index (κ1) is 14.6. The highest BCUT2D eigenvalue weighted by atomic mass is 32.1. The van der Waals surface area contributed by atoms with E-state index in [0.29, 0.717) is 16.3 Å². The number of anilines is 1. The third-order valence-corrected chi connectivity index (χ3v) is 4.46. The van der Waals surface area contributed by atoms with Crippen LogP contribution in [0.5, 0.6) is 0 Å². The number of carbonyl (C=O) groups is 1. The molecule has 1 amide bonds. The molecule has 0 spiro atoms. The van der Waals surface area contributed by atoms with Crippen LogP contribution < -0.4 is 5.32 Å². The number of imidazole rings is 1. The van der Waals surface area contributed by atoms with Crippen molar-refractivity contribution in [1.82, 2.24) is 24.1 Å². The number of thiazole rings is 1. The number of nitrogens with zero attached hydrogens (tertiary/aromatic N) is 5. The molecule has 1 N–H and O–H groups in total. The van der Waals surface area contributed by atoms with Crippen molar-refractivity contribution in [1.29, 1.82) is 0 Å². The summed E-state index contributed by atoms with van der Waals surface area (Å²) in [6.45, 7) is 1.89. The Morgan fingerprint density at radius 2 is 2.21 bits per heavy atom. The minimum absolute atomic E-state index is 0.238. The van der Waals surface area contributed by atoms with E-state index < -0.39 is 0 Å². The van der Waals surface area contributed by atoms with Crippen LogP contribution in [0.15, 0.2) is 42.3 Å². The van der Waals surface area contributed by atoms with Crippen LogP contribution in [0.3, 0.4) is 0 Å². The fourth-order valence-corrected chi connectivity index (χ4v) is 3.17. The number of pyridine rings is 1. The lowest BCUT2D eigenvalue weighted by atomic mass is 10.1. The van der Waals surface area contributed by atoms with Crippen LogP contribution in [0, 0.1) is 6.92 Å². The molecule has 24 heavy (non-hydrogen) atoms. The van der Waals surface area contributed by atoms with E-state index in [1.54, 1.807) is 16.9 Å². The summed E-state index contributed by atoms with van der Waals surface area (Å²) in [5.41, 5.74) is 3.61. The fourth-order valence-electron chi connectivity index (χ4n) is 2.49. The van der Waals surface area contributed by atoms with Crippen LogP contribution in [0.1, 0.15) is 16.1 Å². The molecule has 4 aromatic heterocycles. The Morgan fingerprint density at radius 3 is 2.92 bits per heavy atom. The number of carbonyl (C=O) groups excluding carboxylic acids is 1. The highest BCUT2D eigenvalue weighted by molar-refractivity contribution is 7.13. The molecule has 0 aliphatic rings. The zero-order chi connectivity index (χ0) is 16.7. The lowest BCUT2D eigenvalue weighted by Crippen LogP contribution is -2.13. The quantitative estimate of drug-likeness (QED) is 0.623. The van der Waals surface area contributed by atoms with E-state index >= 15 is 0 Å². The van der Waals surface area contributed by atoms with Crippen LogP contribution in [-0.4, -0.2) is 30.1 Å². The Labute approximate surface area is 141 Å². The molecule has 0 radical (unpaired) electrons. The van der Waals surface area contributed by atoms with E-state index in [4.69, 9.17) is 0 Å². The Hall–Kier alpha value is -3.00. The molecule has 0 saturated carbocycles. The van der Waals surface area contributed by atoms with E-state index in [2.05, 4.69) is 20.4 Å². The molecule has 0 bridgehead atoms. The van der Waals surface area contributed by atoms with Crippen LogP contribution >= 0.6 is 11.3 Å². The maximum Gasteiger partial charge on any atom is 0.261 e. The van der Waals surface area contributed by atoms with Crippen molar-refractivity contribution in [3.63, 3.8) is 0 Å². The molecule has 0 aliphatic carbocycles. The molecule has 4 rings (SSSR count). The van der Waals surface area contributed by atoms with E-state index in [9.17, 15) is 4.79 Å². The highest BCUT2D eigenvalue weighted by Gasteiger charge is 2.16. The van der Waals surface area contributed by atoms with Crippen molar-refractivity contribution in [2.75, 3.05) is 5.32 Å². The van der Waals surface area contributed by atoms with Gasteiger partial charge in [0.1, 0.15) is 5.65 Å². The highest BCUT2D eigenvalue weighted by Crippen LogP contribution is 2.23. The number of hydrogen-bond acceptors (Lipinski definition) is 5. The second kappa shape index (κ2) is 5.57. The van der Waals surface area contributed by atoms with Gasteiger partial charge in [0.15, 0.2) is 5.13 Å². The predicted molar refractivity (Wildman–Crippen MR) is 92.2 cm³/mol. The van der Waals surface area contributed by atoms with Crippen molar-refractivity contribution in [2.45, 2.75) is 6.92 Å². The standard InChI is InChI=1S/C16H14N6OS/c1-10-9-24-16(18-10)19-15(23)12-7-11(13-3-5-21(2)20-13)8-22-6-4-17-14(12)22/h3-9H,1-2H3,(H,18,19,23). The van der Waals surface area contributed by atoms with Crippen LogP contribution in [-0.2, 0) is 7.05 Å². The number of aromatic nitrogens is 5. The van der Waals surface area contributed by atoms with Gasteiger partial charge in [-0.2, -0.15) is 5.10 Å². The van der Waals surface area contributed by atoms with Gasteiger partial charge in [0, 0.05) is 42.8 Å². The van der Waals surface area contributed by atoms with Crippen LogP contribution in [0.25, 0.3) is 16.9 Å². The van der Waals surface area contributed by atoms with Gasteiger partial charge >= 0.3 is 0 Å². The van der Waals surface area contributed by atoms with Crippen molar-refractivity contribution in [3.8, 4) is 11.3 Å². The van der Waals surface area contributed by atoms with E-state index in [1.165, 1.54) is 11.3 Å². The maximum absolute atomic E-state index is 12.7. The van der Waals surface area contributed by atoms with E-state index in [1.807, 2.05) is 48.4 Å². The fraction of sp³-hybridized carbons (Fsp3) is 0.125. The molecule has 0 fully saturated rings. The Bertz CT molecular complexity index is 1040. The number of fused-ring (bicyclic) bond motifs is 1. The van der Waals surface area contributed by atoms with Crippen LogP contribution in [0.4, 0.5) is 5.13 Å². The Morgan fingerprint density at radius 1 is 1.33 bits per heavy atom. The minimum atomic E-state index is -0.238. The molecule has 0 aromatic carbocycles. The van der Waals surface area contributed by atoms with E-state index in [0.717, 1.165) is 17.0 Å². The minimum Gasteiger partial charge on any atom is -0.306 e. The average Bonchev–Trinajstić information content (AvgIpc) is 3.27. The number of hydrogen-bond donors (Lipinski definition) is 1. The Kier molecular flexibility index (Phi) is 3.39. The summed E-state index contributed by atoms with van der Waals surface area (Å²) in [5.74, 6) is -0.238. The summed E-state index contributed by atoms with van der Waals surface area (Å²) in [4.78, 5) is 21.3. The molecular formula is C16H14N6OS. The third-order valence-electron chi connectivity index (χ3n) is 3.58. The summed E-state index contributed by atoms with van der Waals surface area (Å²) in [7, 11) is 1.86. The summed E-state index contributed by atoms with van der Waals surface area (Å²) in [6.07, 6.45) is 7.26. The van der Waals surface area contributed by atoms with Gasteiger partial charge in [-0.1, -0.05) is 0 Å². The first-order valence-corrected chi connectivity index (χ1v) is 8.18. The molecule has 0 unspecified atom stereocenters. The van der Waals surface area contributed by atoms with Crippen molar-refractivity contribution < 1.29 is 4.79 Å². The number of nitrogens with one attached hydrogen (secondary N) is 1. The molecule has 4 aromatic rings. The molecule has 0 saturated heterocycles. The van der Waals surface area contributed by atoms with Gasteiger partial charge in [-0.15, -0.1) is 11.3 Å². The van der Waals surface area contributed by atoms with Crippen molar-refractivity contribution >= 4 is 28.0 Å². The molecule has 4 heterocycles. The largest absolute Gasteiger partial charge is 0.306 e. The molecule has 0 aliphatic heterocycles. The SMILES string of the molecule is Cc1csc(NC(=O)c2cc(-c3ccn(C)n3)cn3ccnc23)n1. The lowest BCUT2D eigenvalue weighted by molar-refractivity contribution is 0.102. The summed E-state index contributed by atoms with van der Waals surface area (Å²) in [6, 6.07) is 3.71. The molecule has 7 nitrogen and oxygen atoms in total. The normalized spacial score (nSPS) is 11.1. The van der Waals surface area contributed by atoms with Crippen molar-refractivity contribution in [2.24, 2.45) is 7.05 Å². The maximum atomic E-state index is 12.7. The molecule has 0 atom stereocenters. The molecule has 120 valence electrons. The van der Waals surface area contributed by atoms with Gasteiger partial charge in [0.25, 0.3) is 5.91 Å². The van der Waals surface area contributed by atoms with Gasteiger partial charge < -0.3 is 4.40 Å². The monoisotopic (exact) mass is 338 g/mol. The number of rotatable bonds is 3. The third kappa shape index (κ3) is 2.56. The topological polar surface area (TPSA) is 77.1 Å². The van der Waals surface area contributed by atoms with Gasteiger partial charge in [-0.3, -0.25) is 14.8 Å². The number of amides is 1. The van der Waals surface area contributed by atoms with Gasteiger partial charge in [0.2, 0.25) is 0 Å². The van der Waals surface area contributed by atoms with Crippen LogP contribution in [0.2, 0.25) is 0 Å². The zero-order valence-corrected chi connectivity index (χ0v) is 13.9. The lowest BCUT2D eigenvalue weighted by Gasteiger charge is -2.07. The van der Waals surface area contributed by atoms with Gasteiger partial charge in [-0.05, 0) is 19.1 Å². The number of aryl methyl sites for hydroxylation is 2. The summed E-state index contributed by atoms with van der Waals surface area (Å²) in [5, 5.41) is 9.70.